The van der Waals surface area contributed by atoms with Crippen molar-refractivity contribution in [2.24, 2.45) is 0 Å². The Kier molecular flexibility index (Phi) is 3.38. The third-order valence-electron chi connectivity index (χ3n) is 3.89. The van der Waals surface area contributed by atoms with Crippen LogP contribution in [0, 0.1) is 0 Å². The van der Waals surface area contributed by atoms with Crippen molar-refractivity contribution < 1.29 is 9.47 Å². The lowest BCUT2D eigenvalue weighted by Crippen LogP contribution is -2.23. The minimum atomic E-state index is -0.190. The number of halogens is 1. The lowest BCUT2D eigenvalue weighted by Gasteiger charge is -2.21. The van der Waals surface area contributed by atoms with Crippen molar-refractivity contribution in [1.29, 1.82) is 0 Å². The van der Waals surface area contributed by atoms with E-state index in [1.54, 1.807) is 11.3 Å². The summed E-state index contributed by atoms with van der Waals surface area (Å²) < 4.78 is 11.1. The number of hydrogen-bond acceptors (Lipinski definition) is 5. The summed E-state index contributed by atoms with van der Waals surface area (Å²) >= 11 is 8.18. The van der Waals surface area contributed by atoms with E-state index < -0.39 is 0 Å². The fourth-order valence-corrected chi connectivity index (χ4v) is 4.52. The molecule has 2 aliphatic rings. The van der Waals surface area contributed by atoms with Crippen LogP contribution in [-0.4, -0.2) is 29.8 Å². The van der Waals surface area contributed by atoms with E-state index >= 15 is 0 Å². The summed E-state index contributed by atoms with van der Waals surface area (Å²) in [6.45, 7) is 1.73. The van der Waals surface area contributed by atoms with Crippen LogP contribution in [0.5, 0.6) is 0 Å². The molecule has 1 unspecified atom stereocenters. The summed E-state index contributed by atoms with van der Waals surface area (Å²) in [7, 11) is 0. The molecule has 0 spiro atoms. The van der Waals surface area contributed by atoms with Gasteiger partial charge >= 0.3 is 0 Å². The van der Waals surface area contributed by atoms with E-state index in [1.165, 1.54) is 23.3 Å². The second-order valence-electron chi connectivity index (χ2n) is 5.20. The maximum Gasteiger partial charge on any atom is 0.162 e. The van der Waals surface area contributed by atoms with Crippen molar-refractivity contribution in [2.45, 2.75) is 31.8 Å². The smallest absolute Gasteiger partial charge is 0.162 e. The van der Waals surface area contributed by atoms with E-state index in [0.717, 1.165) is 23.1 Å². The van der Waals surface area contributed by atoms with Crippen molar-refractivity contribution in [2.75, 3.05) is 19.8 Å². The van der Waals surface area contributed by atoms with E-state index in [9.17, 15) is 0 Å². The van der Waals surface area contributed by atoms with E-state index in [0.29, 0.717) is 30.8 Å². The molecule has 1 saturated heterocycles. The molecule has 106 valence electrons. The van der Waals surface area contributed by atoms with Crippen molar-refractivity contribution in [1.82, 2.24) is 9.97 Å². The molecule has 0 amide bonds. The van der Waals surface area contributed by atoms with Crippen LogP contribution < -0.4 is 0 Å². The third kappa shape index (κ3) is 2.13. The second-order valence-corrected chi connectivity index (χ2v) is 6.64. The Hall–Kier alpha value is -0.750. The average Bonchev–Trinajstić information content (AvgIpc) is 2.87. The van der Waals surface area contributed by atoms with Gasteiger partial charge in [0.1, 0.15) is 16.1 Å². The molecule has 4 nitrogen and oxygen atoms in total. The van der Waals surface area contributed by atoms with Crippen LogP contribution in [0.1, 0.15) is 35.2 Å². The van der Waals surface area contributed by atoms with Gasteiger partial charge in [-0.25, -0.2) is 9.97 Å². The first-order valence-corrected chi connectivity index (χ1v) is 8.19. The zero-order valence-electron chi connectivity index (χ0n) is 11.0. The van der Waals surface area contributed by atoms with Gasteiger partial charge in [0.15, 0.2) is 5.82 Å². The second kappa shape index (κ2) is 5.22. The Morgan fingerprint density at radius 2 is 2.05 bits per heavy atom. The largest absolute Gasteiger partial charge is 0.376 e. The minimum absolute atomic E-state index is 0.190. The molecule has 0 radical (unpaired) electrons. The van der Waals surface area contributed by atoms with Gasteiger partial charge in [0.05, 0.1) is 25.2 Å². The summed E-state index contributed by atoms with van der Waals surface area (Å²) in [6.07, 6.45) is 4.55. The summed E-state index contributed by atoms with van der Waals surface area (Å²) in [6, 6.07) is 0. The predicted molar refractivity (Wildman–Crippen MR) is 78.6 cm³/mol. The molecule has 0 bridgehead atoms. The van der Waals surface area contributed by atoms with Crippen LogP contribution in [0.25, 0.3) is 10.2 Å². The van der Waals surface area contributed by atoms with Gasteiger partial charge in [0.25, 0.3) is 0 Å². The Morgan fingerprint density at radius 1 is 1.15 bits per heavy atom. The van der Waals surface area contributed by atoms with Gasteiger partial charge in [-0.15, -0.1) is 11.3 Å². The molecule has 0 aromatic carbocycles. The minimum Gasteiger partial charge on any atom is -0.376 e. The number of fused-ring (bicyclic) bond motifs is 3. The highest BCUT2D eigenvalue weighted by Gasteiger charge is 2.24. The summed E-state index contributed by atoms with van der Waals surface area (Å²) in [5.74, 6) is 0.654. The summed E-state index contributed by atoms with van der Waals surface area (Å²) in [4.78, 5) is 11.6. The van der Waals surface area contributed by atoms with Gasteiger partial charge in [0.2, 0.25) is 0 Å². The van der Waals surface area contributed by atoms with Crippen molar-refractivity contribution in [3.05, 3.63) is 21.4 Å². The first-order valence-electron chi connectivity index (χ1n) is 7.00. The average molecular weight is 311 g/mol. The summed E-state index contributed by atoms with van der Waals surface area (Å²) in [5, 5.41) is 1.63. The zero-order valence-corrected chi connectivity index (χ0v) is 12.6. The normalized spacial score (nSPS) is 22.9. The molecule has 3 heterocycles. The number of nitrogens with zero attached hydrogens (tertiary/aromatic N) is 2. The van der Waals surface area contributed by atoms with Gasteiger partial charge in [-0.2, -0.15) is 0 Å². The molecular formula is C14H15ClN2O2S. The topological polar surface area (TPSA) is 44.2 Å². The molecule has 2 aromatic heterocycles. The fourth-order valence-electron chi connectivity index (χ4n) is 2.91. The van der Waals surface area contributed by atoms with Gasteiger partial charge in [-0.1, -0.05) is 11.6 Å². The van der Waals surface area contributed by atoms with Crippen LogP contribution in [-0.2, 0) is 22.3 Å². The van der Waals surface area contributed by atoms with Crippen LogP contribution in [0.3, 0.4) is 0 Å². The van der Waals surface area contributed by atoms with E-state index in [1.807, 2.05) is 0 Å². The highest BCUT2D eigenvalue weighted by molar-refractivity contribution is 7.19. The Balaban J connectivity index is 1.81. The Bertz CT molecular complexity index is 652. The highest BCUT2D eigenvalue weighted by atomic mass is 35.5. The van der Waals surface area contributed by atoms with Crippen molar-refractivity contribution in [3.63, 3.8) is 0 Å². The van der Waals surface area contributed by atoms with E-state index in [4.69, 9.17) is 21.1 Å². The Morgan fingerprint density at radius 3 is 2.90 bits per heavy atom. The maximum atomic E-state index is 6.42. The van der Waals surface area contributed by atoms with Crippen molar-refractivity contribution in [3.8, 4) is 0 Å². The molecule has 0 N–H and O–H groups in total. The van der Waals surface area contributed by atoms with E-state index in [2.05, 4.69) is 9.97 Å². The number of ether oxygens (including phenoxy) is 2. The van der Waals surface area contributed by atoms with Gasteiger partial charge in [0, 0.05) is 4.88 Å². The maximum absolute atomic E-state index is 6.42. The van der Waals surface area contributed by atoms with Gasteiger partial charge in [-0.05, 0) is 31.2 Å². The number of rotatable bonds is 1. The standard InChI is InChI=1S/C14H15ClN2O2S/c15-12-11-8-3-1-2-4-10(8)20-14(11)17-13(16-12)9-7-18-5-6-19-9/h9H,1-7H2. The molecule has 2 aromatic rings. The van der Waals surface area contributed by atoms with Gasteiger partial charge < -0.3 is 9.47 Å². The number of aryl methyl sites for hydroxylation is 2. The fraction of sp³-hybridized carbons (Fsp3) is 0.571. The van der Waals surface area contributed by atoms with Crippen molar-refractivity contribution >= 4 is 33.2 Å². The molecule has 0 saturated carbocycles. The van der Waals surface area contributed by atoms with Crippen LogP contribution in [0.4, 0.5) is 0 Å². The SMILES string of the molecule is Clc1nc(C2COCCO2)nc2sc3c(c12)CCCC3. The quantitative estimate of drug-likeness (QED) is 0.758. The number of thiophene rings is 1. The zero-order chi connectivity index (χ0) is 13.5. The number of hydrogen-bond donors (Lipinski definition) is 0. The lowest BCUT2D eigenvalue weighted by molar-refractivity contribution is -0.0933. The Labute approximate surface area is 126 Å². The third-order valence-corrected chi connectivity index (χ3v) is 5.35. The molecule has 4 rings (SSSR count). The molecule has 6 heteroatoms. The highest BCUT2D eigenvalue weighted by Crippen LogP contribution is 2.39. The molecule has 20 heavy (non-hydrogen) atoms. The van der Waals surface area contributed by atoms with E-state index in [-0.39, 0.29) is 6.10 Å². The van der Waals surface area contributed by atoms with Crippen LogP contribution in [0.15, 0.2) is 0 Å². The molecular weight excluding hydrogens is 296 g/mol. The van der Waals surface area contributed by atoms with Crippen LogP contribution in [0.2, 0.25) is 5.15 Å². The lowest BCUT2D eigenvalue weighted by atomic mass is 9.97. The predicted octanol–water partition coefficient (Wildman–Crippen LogP) is 3.31. The monoisotopic (exact) mass is 310 g/mol. The van der Waals surface area contributed by atoms with Crippen LogP contribution >= 0.6 is 22.9 Å². The molecule has 1 atom stereocenters. The summed E-state index contributed by atoms with van der Waals surface area (Å²) in [5.41, 5.74) is 1.37. The molecule has 1 fully saturated rings. The number of aromatic nitrogens is 2. The first-order chi connectivity index (χ1) is 9.83. The first kappa shape index (κ1) is 13.0. The van der Waals surface area contributed by atoms with Gasteiger partial charge in [-0.3, -0.25) is 0 Å². The molecule has 1 aliphatic carbocycles. The molecule has 1 aliphatic heterocycles.